The van der Waals surface area contributed by atoms with E-state index in [0.717, 1.165) is 24.8 Å². The van der Waals surface area contributed by atoms with Gasteiger partial charge in [0.05, 0.1) is 11.3 Å². The standard InChI is InChI=1S/C15H22N2O3/c1-4-5-6-10-17(3)15(20)16-13-11(2)8-7-9-12(13)14(18)19/h7-9H,4-6,10H2,1-3H3,(H,16,20)(H,18,19). The molecule has 0 heterocycles. The number of carbonyl (C=O) groups is 2. The first-order chi connectivity index (χ1) is 9.47. The predicted molar refractivity (Wildman–Crippen MR) is 79.3 cm³/mol. The Balaban J connectivity index is 2.77. The molecule has 0 saturated carbocycles. The van der Waals surface area contributed by atoms with Crippen molar-refractivity contribution < 1.29 is 14.7 Å². The van der Waals surface area contributed by atoms with Gasteiger partial charge in [-0.25, -0.2) is 9.59 Å². The van der Waals surface area contributed by atoms with E-state index in [1.807, 2.05) is 0 Å². The summed E-state index contributed by atoms with van der Waals surface area (Å²) in [7, 11) is 1.71. The summed E-state index contributed by atoms with van der Waals surface area (Å²) in [5, 5.41) is 11.8. The summed E-state index contributed by atoms with van der Waals surface area (Å²) in [6.45, 7) is 4.54. The first-order valence-electron chi connectivity index (χ1n) is 6.82. The number of hydrogen-bond donors (Lipinski definition) is 2. The van der Waals surface area contributed by atoms with Crippen molar-refractivity contribution in [2.45, 2.75) is 33.1 Å². The van der Waals surface area contributed by atoms with E-state index in [2.05, 4.69) is 12.2 Å². The van der Waals surface area contributed by atoms with Gasteiger partial charge in [-0.05, 0) is 25.0 Å². The summed E-state index contributed by atoms with van der Waals surface area (Å²) in [4.78, 5) is 24.8. The van der Waals surface area contributed by atoms with E-state index in [9.17, 15) is 9.59 Å². The Labute approximate surface area is 119 Å². The SMILES string of the molecule is CCCCCN(C)C(=O)Nc1c(C)cccc1C(=O)O. The zero-order valence-corrected chi connectivity index (χ0v) is 12.3. The van der Waals surface area contributed by atoms with Crippen molar-refractivity contribution in [2.75, 3.05) is 18.9 Å². The predicted octanol–water partition coefficient (Wildman–Crippen LogP) is 3.35. The topological polar surface area (TPSA) is 69.6 Å². The first kappa shape index (κ1) is 16.0. The van der Waals surface area contributed by atoms with E-state index >= 15 is 0 Å². The van der Waals surface area contributed by atoms with Crippen molar-refractivity contribution in [1.29, 1.82) is 0 Å². The third-order valence-electron chi connectivity index (χ3n) is 3.18. The van der Waals surface area contributed by atoms with Gasteiger partial charge in [0.15, 0.2) is 0 Å². The maximum atomic E-state index is 12.1. The summed E-state index contributed by atoms with van der Waals surface area (Å²) in [6.07, 6.45) is 3.11. The monoisotopic (exact) mass is 278 g/mol. The Bertz CT molecular complexity index is 486. The van der Waals surface area contributed by atoms with Crippen molar-refractivity contribution in [2.24, 2.45) is 0 Å². The number of anilines is 1. The fraction of sp³-hybridized carbons (Fsp3) is 0.467. The van der Waals surface area contributed by atoms with Crippen molar-refractivity contribution in [1.82, 2.24) is 4.90 Å². The molecule has 0 aliphatic heterocycles. The van der Waals surface area contributed by atoms with Gasteiger partial charge in [0, 0.05) is 13.6 Å². The van der Waals surface area contributed by atoms with Gasteiger partial charge in [0.2, 0.25) is 0 Å². The van der Waals surface area contributed by atoms with Crippen LogP contribution in [0.15, 0.2) is 18.2 Å². The fourth-order valence-corrected chi connectivity index (χ4v) is 1.91. The highest BCUT2D eigenvalue weighted by molar-refractivity contribution is 6.00. The summed E-state index contributed by atoms with van der Waals surface area (Å²) in [5.74, 6) is -1.04. The van der Waals surface area contributed by atoms with Crippen molar-refractivity contribution in [3.8, 4) is 0 Å². The minimum atomic E-state index is -1.04. The van der Waals surface area contributed by atoms with Crippen LogP contribution in [0.3, 0.4) is 0 Å². The van der Waals surface area contributed by atoms with Crippen LogP contribution in [-0.4, -0.2) is 35.6 Å². The van der Waals surface area contributed by atoms with Crippen LogP contribution in [0, 0.1) is 6.92 Å². The van der Waals surface area contributed by atoms with Crippen LogP contribution in [0.2, 0.25) is 0 Å². The van der Waals surface area contributed by atoms with E-state index in [1.165, 1.54) is 6.07 Å². The highest BCUT2D eigenvalue weighted by Crippen LogP contribution is 2.21. The Morgan fingerprint density at radius 3 is 2.60 bits per heavy atom. The number of urea groups is 1. The molecule has 1 rings (SSSR count). The lowest BCUT2D eigenvalue weighted by Crippen LogP contribution is -2.32. The number of carboxylic acid groups (broad SMARTS) is 1. The summed E-state index contributed by atoms with van der Waals surface area (Å²) in [6, 6.07) is 4.65. The van der Waals surface area contributed by atoms with Gasteiger partial charge < -0.3 is 15.3 Å². The molecule has 1 aromatic carbocycles. The normalized spacial score (nSPS) is 10.2. The molecule has 0 aliphatic rings. The van der Waals surface area contributed by atoms with E-state index < -0.39 is 5.97 Å². The molecule has 0 unspecified atom stereocenters. The number of carbonyl (C=O) groups excluding carboxylic acids is 1. The van der Waals surface area contributed by atoms with Crippen LogP contribution in [0.1, 0.15) is 42.1 Å². The summed E-state index contributed by atoms with van der Waals surface area (Å²) >= 11 is 0. The lowest BCUT2D eigenvalue weighted by atomic mass is 10.1. The van der Waals surface area contributed by atoms with Gasteiger partial charge in [-0.1, -0.05) is 31.9 Å². The summed E-state index contributed by atoms with van der Waals surface area (Å²) < 4.78 is 0. The minimum absolute atomic E-state index is 0.111. The van der Waals surface area contributed by atoms with Crippen molar-refractivity contribution in [3.05, 3.63) is 29.3 Å². The van der Waals surface area contributed by atoms with Gasteiger partial charge >= 0.3 is 12.0 Å². The summed E-state index contributed by atoms with van der Waals surface area (Å²) in [5.41, 5.74) is 1.22. The minimum Gasteiger partial charge on any atom is -0.478 e. The maximum Gasteiger partial charge on any atom is 0.337 e. The van der Waals surface area contributed by atoms with E-state index in [4.69, 9.17) is 5.11 Å². The molecule has 0 bridgehead atoms. The van der Waals surface area contributed by atoms with Gasteiger partial charge in [-0.3, -0.25) is 0 Å². The van der Waals surface area contributed by atoms with Gasteiger partial charge in [-0.15, -0.1) is 0 Å². The molecular formula is C15H22N2O3. The lowest BCUT2D eigenvalue weighted by molar-refractivity contribution is 0.0698. The molecular weight excluding hydrogens is 256 g/mol. The number of aryl methyl sites for hydroxylation is 1. The van der Waals surface area contributed by atoms with Crippen LogP contribution < -0.4 is 5.32 Å². The van der Waals surface area contributed by atoms with Crippen molar-refractivity contribution in [3.63, 3.8) is 0 Å². The first-order valence-corrected chi connectivity index (χ1v) is 6.82. The molecule has 20 heavy (non-hydrogen) atoms. The number of aromatic carboxylic acids is 1. The molecule has 0 fully saturated rings. The zero-order chi connectivity index (χ0) is 15.1. The molecule has 0 radical (unpaired) electrons. The average Bonchev–Trinajstić information content (AvgIpc) is 2.40. The number of unbranched alkanes of at least 4 members (excludes halogenated alkanes) is 2. The number of benzene rings is 1. The van der Waals surface area contributed by atoms with E-state index in [0.29, 0.717) is 12.2 Å². The second kappa shape index (κ2) is 7.53. The molecule has 0 saturated heterocycles. The highest BCUT2D eigenvalue weighted by atomic mass is 16.4. The molecule has 2 N–H and O–H groups in total. The molecule has 110 valence electrons. The van der Waals surface area contributed by atoms with Crippen molar-refractivity contribution >= 4 is 17.7 Å². The van der Waals surface area contributed by atoms with Gasteiger partial charge in [0.25, 0.3) is 0 Å². The van der Waals surface area contributed by atoms with Crippen LogP contribution >= 0.6 is 0 Å². The highest BCUT2D eigenvalue weighted by Gasteiger charge is 2.16. The third-order valence-corrected chi connectivity index (χ3v) is 3.18. The van der Waals surface area contributed by atoms with Crippen LogP contribution in [0.4, 0.5) is 10.5 Å². The van der Waals surface area contributed by atoms with Gasteiger partial charge in [-0.2, -0.15) is 0 Å². The quantitative estimate of drug-likeness (QED) is 0.784. The molecule has 1 aromatic rings. The number of nitrogens with one attached hydrogen (secondary N) is 1. The molecule has 5 nitrogen and oxygen atoms in total. The molecule has 5 heteroatoms. The largest absolute Gasteiger partial charge is 0.478 e. The maximum absolute atomic E-state index is 12.1. The van der Waals surface area contributed by atoms with E-state index in [-0.39, 0.29) is 11.6 Å². The molecule has 0 atom stereocenters. The van der Waals surface area contributed by atoms with Crippen LogP contribution in [0.5, 0.6) is 0 Å². The number of amides is 2. The molecule has 0 aromatic heterocycles. The smallest absolute Gasteiger partial charge is 0.337 e. The Kier molecular flexibility index (Phi) is 6.03. The number of nitrogens with zero attached hydrogens (tertiary/aromatic N) is 1. The number of carboxylic acids is 1. The second-order valence-corrected chi connectivity index (χ2v) is 4.86. The van der Waals surface area contributed by atoms with Crippen LogP contribution in [0.25, 0.3) is 0 Å². The van der Waals surface area contributed by atoms with E-state index in [1.54, 1.807) is 31.0 Å². The third kappa shape index (κ3) is 4.26. The number of rotatable bonds is 6. The molecule has 0 aliphatic carbocycles. The Morgan fingerprint density at radius 1 is 1.30 bits per heavy atom. The second-order valence-electron chi connectivity index (χ2n) is 4.86. The average molecular weight is 278 g/mol. The number of para-hydroxylation sites is 1. The molecule has 0 spiro atoms. The Morgan fingerprint density at radius 2 is 2.00 bits per heavy atom. The fourth-order valence-electron chi connectivity index (χ4n) is 1.91. The lowest BCUT2D eigenvalue weighted by Gasteiger charge is -2.19. The van der Waals surface area contributed by atoms with Gasteiger partial charge in [0.1, 0.15) is 0 Å². The Hall–Kier alpha value is -2.04. The van der Waals surface area contributed by atoms with Crippen LogP contribution in [-0.2, 0) is 0 Å². The number of hydrogen-bond acceptors (Lipinski definition) is 2. The zero-order valence-electron chi connectivity index (χ0n) is 12.3. The molecule has 2 amide bonds.